The number of nitrogens with zero attached hydrogens (tertiary/aromatic N) is 1. The zero-order valence-electron chi connectivity index (χ0n) is 11.2. The van der Waals surface area contributed by atoms with Gasteiger partial charge in [0.15, 0.2) is 5.82 Å². The molecular formula is C12H16F2N2O2S2. The van der Waals surface area contributed by atoms with Gasteiger partial charge in [-0.1, -0.05) is 0 Å². The molecule has 1 saturated heterocycles. The number of anilines is 1. The van der Waals surface area contributed by atoms with Crippen LogP contribution in [0.2, 0.25) is 0 Å². The van der Waals surface area contributed by atoms with E-state index >= 15 is 0 Å². The van der Waals surface area contributed by atoms with Crippen LogP contribution >= 0.6 is 11.8 Å². The van der Waals surface area contributed by atoms with Crippen LogP contribution in [0.4, 0.5) is 14.5 Å². The van der Waals surface area contributed by atoms with Crippen molar-refractivity contribution in [2.75, 3.05) is 24.6 Å². The van der Waals surface area contributed by atoms with E-state index in [1.165, 1.54) is 4.31 Å². The highest BCUT2D eigenvalue weighted by Gasteiger charge is 2.36. The second-order valence-electron chi connectivity index (χ2n) is 5.22. The molecule has 1 heterocycles. The van der Waals surface area contributed by atoms with Gasteiger partial charge in [-0.2, -0.15) is 16.1 Å². The molecule has 0 bridgehead atoms. The van der Waals surface area contributed by atoms with Crippen molar-refractivity contribution < 1.29 is 17.2 Å². The molecule has 0 unspecified atom stereocenters. The van der Waals surface area contributed by atoms with Gasteiger partial charge in [0.05, 0.1) is 0 Å². The third-order valence-corrected chi connectivity index (χ3v) is 6.26. The predicted octanol–water partition coefficient (Wildman–Crippen LogP) is 2.06. The normalized spacial score (nSPS) is 20.0. The van der Waals surface area contributed by atoms with Gasteiger partial charge in [0, 0.05) is 23.6 Å². The third-order valence-electron chi connectivity index (χ3n) is 3.10. The fraction of sp³-hybridized carbons (Fsp3) is 0.500. The number of thioether (sulfide) groups is 1. The van der Waals surface area contributed by atoms with Gasteiger partial charge >= 0.3 is 0 Å². The maximum absolute atomic E-state index is 13.9. The van der Waals surface area contributed by atoms with Crippen LogP contribution in [0, 0.1) is 11.6 Å². The molecule has 0 aliphatic carbocycles. The van der Waals surface area contributed by atoms with Crippen LogP contribution in [0.15, 0.2) is 17.0 Å². The molecule has 0 atom stereocenters. The Morgan fingerprint density at radius 3 is 2.60 bits per heavy atom. The lowest BCUT2D eigenvalue weighted by Crippen LogP contribution is -2.46. The minimum absolute atomic E-state index is 0.243. The summed E-state index contributed by atoms with van der Waals surface area (Å²) >= 11 is 1.66. The number of hydrogen-bond donors (Lipinski definition) is 1. The molecule has 1 aliphatic rings. The first-order valence-electron chi connectivity index (χ1n) is 6.03. The Bertz CT molecular complexity index is 633. The standard InChI is InChI=1S/C12H16F2N2O2S2/c1-12(2)7-16(5-6-19-12)20(17,18)9-4-3-8(13)11(15)10(9)14/h3-4H,5-7,15H2,1-2H3. The Morgan fingerprint density at radius 2 is 2.00 bits per heavy atom. The number of nitrogens with two attached hydrogens (primary N) is 1. The Balaban J connectivity index is 2.43. The van der Waals surface area contributed by atoms with Crippen molar-refractivity contribution in [3.05, 3.63) is 23.8 Å². The highest BCUT2D eigenvalue weighted by molar-refractivity contribution is 8.00. The lowest BCUT2D eigenvalue weighted by atomic mass is 10.2. The lowest BCUT2D eigenvalue weighted by Gasteiger charge is -2.36. The topological polar surface area (TPSA) is 63.4 Å². The minimum Gasteiger partial charge on any atom is -0.394 e. The Hall–Kier alpha value is -0.860. The van der Waals surface area contributed by atoms with E-state index in [2.05, 4.69) is 0 Å². The number of nitrogen functional groups attached to an aromatic ring is 1. The minimum atomic E-state index is -4.00. The Labute approximate surface area is 121 Å². The summed E-state index contributed by atoms with van der Waals surface area (Å²) in [6, 6.07) is 1.79. The van der Waals surface area contributed by atoms with Crippen LogP contribution in [-0.2, 0) is 10.0 Å². The number of rotatable bonds is 2. The van der Waals surface area contributed by atoms with Crippen molar-refractivity contribution >= 4 is 27.5 Å². The smallest absolute Gasteiger partial charge is 0.246 e. The summed E-state index contributed by atoms with van der Waals surface area (Å²) in [5.41, 5.74) is 4.46. The van der Waals surface area contributed by atoms with Crippen molar-refractivity contribution in [1.82, 2.24) is 4.31 Å². The summed E-state index contributed by atoms with van der Waals surface area (Å²) in [5.74, 6) is -1.55. The van der Waals surface area contributed by atoms with Gasteiger partial charge in [-0.25, -0.2) is 17.2 Å². The number of hydrogen-bond acceptors (Lipinski definition) is 4. The fourth-order valence-electron chi connectivity index (χ4n) is 2.07. The average molecular weight is 322 g/mol. The fourth-order valence-corrected chi connectivity index (χ4v) is 5.05. The van der Waals surface area contributed by atoms with Gasteiger partial charge < -0.3 is 5.73 Å². The van der Waals surface area contributed by atoms with Crippen molar-refractivity contribution in [3.8, 4) is 0 Å². The van der Waals surface area contributed by atoms with E-state index in [1.807, 2.05) is 13.8 Å². The zero-order valence-corrected chi connectivity index (χ0v) is 12.8. The van der Waals surface area contributed by atoms with Crippen LogP contribution in [0.1, 0.15) is 13.8 Å². The van der Waals surface area contributed by atoms with Gasteiger partial charge in [0.25, 0.3) is 0 Å². The molecule has 0 spiro atoms. The molecule has 1 aromatic carbocycles. The molecule has 112 valence electrons. The first-order valence-corrected chi connectivity index (χ1v) is 8.45. The molecule has 4 nitrogen and oxygen atoms in total. The summed E-state index contributed by atoms with van der Waals surface area (Å²) < 4.78 is 53.0. The first kappa shape index (κ1) is 15.5. The summed E-state index contributed by atoms with van der Waals surface area (Å²) in [4.78, 5) is -0.570. The van der Waals surface area contributed by atoms with Gasteiger partial charge in [-0.05, 0) is 26.0 Å². The third kappa shape index (κ3) is 2.77. The maximum Gasteiger partial charge on any atom is 0.246 e. The summed E-state index contributed by atoms with van der Waals surface area (Å²) in [5, 5.41) is 0. The van der Waals surface area contributed by atoms with Crippen LogP contribution in [-0.4, -0.2) is 36.3 Å². The van der Waals surface area contributed by atoms with E-state index in [0.29, 0.717) is 12.3 Å². The van der Waals surface area contributed by atoms with E-state index in [9.17, 15) is 17.2 Å². The van der Waals surface area contributed by atoms with Gasteiger partial charge in [0.2, 0.25) is 10.0 Å². The summed E-state index contributed by atoms with van der Waals surface area (Å²) in [7, 11) is -4.00. The molecule has 0 saturated carbocycles. The number of sulfonamides is 1. The second-order valence-corrected chi connectivity index (χ2v) is 8.93. The van der Waals surface area contributed by atoms with Crippen molar-refractivity contribution in [2.24, 2.45) is 0 Å². The molecular weight excluding hydrogens is 306 g/mol. The molecule has 1 aliphatic heterocycles. The molecule has 0 radical (unpaired) electrons. The molecule has 0 aromatic heterocycles. The Morgan fingerprint density at radius 1 is 1.35 bits per heavy atom. The highest BCUT2D eigenvalue weighted by Crippen LogP contribution is 2.33. The molecule has 20 heavy (non-hydrogen) atoms. The van der Waals surface area contributed by atoms with E-state index in [0.717, 1.165) is 12.1 Å². The highest BCUT2D eigenvalue weighted by atomic mass is 32.2. The van der Waals surface area contributed by atoms with Crippen LogP contribution in [0.3, 0.4) is 0 Å². The van der Waals surface area contributed by atoms with E-state index in [4.69, 9.17) is 5.73 Å². The lowest BCUT2D eigenvalue weighted by molar-refractivity contribution is 0.385. The monoisotopic (exact) mass is 322 g/mol. The largest absolute Gasteiger partial charge is 0.394 e. The maximum atomic E-state index is 13.9. The van der Waals surface area contributed by atoms with Crippen LogP contribution in [0.5, 0.6) is 0 Å². The molecule has 8 heteroatoms. The SMILES string of the molecule is CC1(C)CN(S(=O)(=O)c2ccc(F)c(N)c2F)CCS1. The van der Waals surface area contributed by atoms with Crippen LogP contribution < -0.4 is 5.73 Å². The average Bonchev–Trinajstić information content (AvgIpc) is 2.34. The van der Waals surface area contributed by atoms with Gasteiger partial charge in [-0.15, -0.1) is 0 Å². The second kappa shape index (κ2) is 5.16. The quantitative estimate of drug-likeness (QED) is 0.847. The van der Waals surface area contributed by atoms with Crippen molar-refractivity contribution in [3.63, 3.8) is 0 Å². The van der Waals surface area contributed by atoms with E-state index < -0.39 is 32.2 Å². The summed E-state index contributed by atoms with van der Waals surface area (Å²) in [6.45, 7) is 4.42. The number of benzene rings is 1. The van der Waals surface area contributed by atoms with Gasteiger partial charge in [-0.3, -0.25) is 0 Å². The van der Waals surface area contributed by atoms with E-state index in [-0.39, 0.29) is 11.3 Å². The number of halogens is 2. The molecule has 1 aromatic rings. The van der Waals surface area contributed by atoms with E-state index in [1.54, 1.807) is 11.8 Å². The van der Waals surface area contributed by atoms with Gasteiger partial charge in [0.1, 0.15) is 16.4 Å². The molecule has 0 amide bonds. The van der Waals surface area contributed by atoms with Crippen molar-refractivity contribution in [2.45, 2.75) is 23.5 Å². The van der Waals surface area contributed by atoms with Crippen molar-refractivity contribution in [1.29, 1.82) is 0 Å². The molecule has 1 fully saturated rings. The van der Waals surface area contributed by atoms with Crippen LogP contribution in [0.25, 0.3) is 0 Å². The zero-order chi connectivity index (χ0) is 15.1. The molecule has 2 N–H and O–H groups in total. The molecule has 2 rings (SSSR count). The first-order chi connectivity index (χ1) is 9.15. The predicted molar refractivity (Wildman–Crippen MR) is 76.1 cm³/mol. The summed E-state index contributed by atoms with van der Waals surface area (Å²) in [6.07, 6.45) is 0. The Kier molecular flexibility index (Phi) is 4.01.